The molecular weight excluding hydrogens is 272 g/mol. The number of methoxy groups -OCH3 is 1. The van der Waals surface area contributed by atoms with Gasteiger partial charge in [-0.05, 0) is 18.6 Å². The summed E-state index contributed by atoms with van der Waals surface area (Å²) in [6.45, 7) is 5.69. The van der Waals surface area contributed by atoms with Crippen LogP contribution in [0.15, 0.2) is 12.1 Å². The van der Waals surface area contributed by atoms with Crippen molar-refractivity contribution in [1.29, 1.82) is 0 Å². The van der Waals surface area contributed by atoms with Crippen molar-refractivity contribution >= 4 is 5.78 Å². The zero-order chi connectivity index (χ0) is 15.4. The summed E-state index contributed by atoms with van der Waals surface area (Å²) in [7, 11) is 1.61. The first-order valence-corrected chi connectivity index (χ1v) is 7.11. The minimum atomic E-state index is -1.78. The SMILES string of the molecule is CO[C@]1(C)Cc2ccc3c(c2CO1)O[C@@](O)(C(C)C)C3=O. The number of benzene rings is 1. The van der Waals surface area contributed by atoms with E-state index >= 15 is 0 Å². The fourth-order valence-corrected chi connectivity index (χ4v) is 2.82. The quantitative estimate of drug-likeness (QED) is 0.903. The van der Waals surface area contributed by atoms with Crippen LogP contribution in [0.4, 0.5) is 0 Å². The predicted molar refractivity (Wildman–Crippen MR) is 75.1 cm³/mol. The Morgan fingerprint density at radius 2 is 2.10 bits per heavy atom. The van der Waals surface area contributed by atoms with Gasteiger partial charge in [-0.1, -0.05) is 19.9 Å². The van der Waals surface area contributed by atoms with Gasteiger partial charge in [0.2, 0.25) is 5.78 Å². The van der Waals surface area contributed by atoms with Crippen LogP contribution in [0, 0.1) is 5.92 Å². The average Bonchev–Trinajstić information content (AvgIpc) is 2.72. The molecule has 0 saturated heterocycles. The molecule has 0 unspecified atom stereocenters. The van der Waals surface area contributed by atoms with Crippen LogP contribution in [0.2, 0.25) is 0 Å². The number of carbonyl (C=O) groups excluding carboxylic acids is 1. The number of hydrogen-bond donors (Lipinski definition) is 1. The Morgan fingerprint density at radius 3 is 2.71 bits per heavy atom. The Balaban J connectivity index is 2.05. The highest BCUT2D eigenvalue weighted by atomic mass is 16.7. The second kappa shape index (κ2) is 4.53. The third-order valence-electron chi connectivity index (χ3n) is 4.43. The molecular formula is C16H20O5. The van der Waals surface area contributed by atoms with Crippen LogP contribution in [0.25, 0.3) is 0 Å². The van der Waals surface area contributed by atoms with Gasteiger partial charge >= 0.3 is 0 Å². The molecule has 1 aromatic rings. The molecule has 2 aliphatic rings. The van der Waals surface area contributed by atoms with Gasteiger partial charge in [0.25, 0.3) is 5.79 Å². The topological polar surface area (TPSA) is 65.0 Å². The largest absolute Gasteiger partial charge is 0.453 e. The summed E-state index contributed by atoms with van der Waals surface area (Å²) in [4.78, 5) is 12.4. The van der Waals surface area contributed by atoms with Gasteiger partial charge in [0.1, 0.15) is 5.75 Å². The van der Waals surface area contributed by atoms with Crippen LogP contribution in [0.5, 0.6) is 5.75 Å². The third-order valence-corrected chi connectivity index (χ3v) is 4.43. The Kier molecular flexibility index (Phi) is 3.13. The van der Waals surface area contributed by atoms with Gasteiger partial charge in [0.05, 0.1) is 12.2 Å². The first kappa shape index (κ1) is 14.5. The molecule has 1 aromatic carbocycles. The van der Waals surface area contributed by atoms with E-state index in [0.29, 0.717) is 24.3 Å². The fourth-order valence-electron chi connectivity index (χ4n) is 2.82. The van der Waals surface area contributed by atoms with Crippen molar-refractivity contribution in [2.45, 2.75) is 45.4 Å². The predicted octanol–water partition coefficient (Wildman–Crippen LogP) is 2.04. The van der Waals surface area contributed by atoms with Crippen LogP contribution in [-0.2, 0) is 22.5 Å². The average molecular weight is 292 g/mol. The van der Waals surface area contributed by atoms with Gasteiger partial charge in [-0.25, -0.2) is 0 Å². The molecule has 0 radical (unpaired) electrons. The highest BCUT2D eigenvalue weighted by molar-refractivity contribution is 6.07. The van der Waals surface area contributed by atoms with Crippen LogP contribution < -0.4 is 4.74 Å². The number of rotatable bonds is 2. The summed E-state index contributed by atoms with van der Waals surface area (Å²) >= 11 is 0. The first-order chi connectivity index (χ1) is 9.81. The molecule has 21 heavy (non-hydrogen) atoms. The number of ketones is 1. The molecule has 0 saturated carbocycles. The molecule has 114 valence electrons. The highest BCUT2D eigenvalue weighted by Crippen LogP contribution is 2.44. The number of fused-ring (bicyclic) bond motifs is 3. The Labute approximate surface area is 123 Å². The molecule has 0 amide bonds. The lowest BCUT2D eigenvalue weighted by Gasteiger charge is -2.34. The summed E-state index contributed by atoms with van der Waals surface area (Å²) in [5.74, 6) is -2.71. The summed E-state index contributed by atoms with van der Waals surface area (Å²) in [5, 5.41) is 10.5. The molecule has 2 atom stereocenters. The van der Waals surface area contributed by atoms with E-state index in [4.69, 9.17) is 14.2 Å². The van der Waals surface area contributed by atoms with Crippen molar-refractivity contribution in [3.8, 4) is 5.75 Å². The maximum Gasteiger partial charge on any atom is 0.275 e. The van der Waals surface area contributed by atoms with Crippen LogP contribution in [-0.4, -0.2) is 29.6 Å². The second-order valence-electron chi connectivity index (χ2n) is 6.17. The lowest BCUT2D eigenvalue weighted by Crippen LogP contribution is -2.45. The second-order valence-corrected chi connectivity index (χ2v) is 6.17. The van der Waals surface area contributed by atoms with Gasteiger partial charge in [-0.15, -0.1) is 0 Å². The molecule has 1 N–H and O–H groups in total. The Hall–Kier alpha value is -1.43. The van der Waals surface area contributed by atoms with E-state index in [1.165, 1.54) is 0 Å². The van der Waals surface area contributed by atoms with E-state index in [9.17, 15) is 9.90 Å². The fraction of sp³-hybridized carbons (Fsp3) is 0.562. The van der Waals surface area contributed by atoms with Crippen molar-refractivity contribution < 1.29 is 24.1 Å². The summed E-state index contributed by atoms with van der Waals surface area (Å²) in [6.07, 6.45) is 0.573. The smallest absolute Gasteiger partial charge is 0.275 e. The molecule has 2 heterocycles. The monoisotopic (exact) mass is 292 g/mol. The Morgan fingerprint density at radius 1 is 1.38 bits per heavy atom. The maximum atomic E-state index is 12.4. The van der Waals surface area contributed by atoms with E-state index in [1.807, 2.05) is 13.0 Å². The van der Waals surface area contributed by atoms with E-state index in [2.05, 4.69) is 0 Å². The van der Waals surface area contributed by atoms with Crippen LogP contribution in [0.3, 0.4) is 0 Å². The van der Waals surface area contributed by atoms with Gasteiger partial charge < -0.3 is 19.3 Å². The number of carbonyl (C=O) groups is 1. The lowest BCUT2D eigenvalue weighted by atomic mass is 9.92. The van der Waals surface area contributed by atoms with Gasteiger partial charge in [0, 0.05) is 25.0 Å². The summed E-state index contributed by atoms with van der Waals surface area (Å²) in [5.41, 5.74) is 2.27. The summed E-state index contributed by atoms with van der Waals surface area (Å²) < 4.78 is 16.8. The third kappa shape index (κ3) is 1.99. The van der Waals surface area contributed by atoms with Crippen molar-refractivity contribution in [2.75, 3.05) is 7.11 Å². The normalized spacial score (nSPS) is 31.0. The number of hydrogen-bond acceptors (Lipinski definition) is 5. The van der Waals surface area contributed by atoms with Crippen molar-refractivity contribution in [1.82, 2.24) is 0 Å². The highest BCUT2D eigenvalue weighted by Gasteiger charge is 2.50. The molecule has 0 fully saturated rings. The number of ether oxygens (including phenoxy) is 3. The zero-order valence-electron chi connectivity index (χ0n) is 12.7. The van der Waals surface area contributed by atoms with Crippen molar-refractivity contribution in [3.63, 3.8) is 0 Å². The van der Waals surface area contributed by atoms with Crippen LogP contribution in [0.1, 0.15) is 42.3 Å². The molecule has 2 aliphatic heterocycles. The Bertz CT molecular complexity index is 609. The molecule has 0 aromatic heterocycles. The molecule has 3 rings (SSSR count). The van der Waals surface area contributed by atoms with Gasteiger partial charge in [0.15, 0.2) is 5.79 Å². The molecule has 5 heteroatoms. The van der Waals surface area contributed by atoms with E-state index in [-0.39, 0.29) is 11.7 Å². The molecule has 0 aliphatic carbocycles. The number of Topliss-reactive ketones (excluding diaryl/α,β-unsaturated/α-hetero) is 1. The minimum absolute atomic E-state index is 0.296. The van der Waals surface area contributed by atoms with Gasteiger partial charge in [-0.3, -0.25) is 4.79 Å². The summed E-state index contributed by atoms with van der Waals surface area (Å²) in [6, 6.07) is 3.61. The maximum absolute atomic E-state index is 12.4. The first-order valence-electron chi connectivity index (χ1n) is 7.11. The van der Waals surface area contributed by atoms with E-state index in [1.54, 1.807) is 27.0 Å². The minimum Gasteiger partial charge on any atom is -0.453 e. The molecule has 0 bridgehead atoms. The van der Waals surface area contributed by atoms with Crippen LogP contribution >= 0.6 is 0 Å². The van der Waals surface area contributed by atoms with Gasteiger partial charge in [-0.2, -0.15) is 0 Å². The van der Waals surface area contributed by atoms with E-state index in [0.717, 1.165) is 11.1 Å². The molecule has 0 spiro atoms. The standard InChI is InChI=1S/C16H20O5/c1-9(2)16(18)14(17)11-6-5-10-7-15(3,19-4)20-8-12(10)13(11)21-16/h5-6,9,18H,7-8H2,1-4H3/t15-,16-/m0/s1. The number of aliphatic hydroxyl groups is 1. The van der Waals surface area contributed by atoms with Crippen molar-refractivity contribution in [2.24, 2.45) is 5.92 Å². The van der Waals surface area contributed by atoms with E-state index < -0.39 is 11.6 Å². The molecule has 5 nitrogen and oxygen atoms in total. The zero-order valence-corrected chi connectivity index (χ0v) is 12.7. The lowest BCUT2D eigenvalue weighted by molar-refractivity contribution is -0.223. The van der Waals surface area contributed by atoms with Crippen molar-refractivity contribution in [3.05, 3.63) is 28.8 Å².